The number of hydrogen-bond acceptors (Lipinski definition) is 3. The third-order valence-electron chi connectivity index (χ3n) is 2.46. The van der Waals surface area contributed by atoms with Crippen molar-refractivity contribution in [3.8, 4) is 5.75 Å². The third-order valence-corrected chi connectivity index (χ3v) is 2.46. The molecule has 0 saturated carbocycles. The Morgan fingerprint density at radius 2 is 1.82 bits per heavy atom. The van der Waals surface area contributed by atoms with Gasteiger partial charge in [0.1, 0.15) is 5.75 Å². The van der Waals surface area contributed by atoms with Crippen molar-refractivity contribution >= 4 is 11.5 Å². The Bertz CT molecular complexity index is 414. The van der Waals surface area contributed by atoms with Gasteiger partial charge in [0.15, 0.2) is 5.78 Å². The van der Waals surface area contributed by atoms with Crippen molar-refractivity contribution in [3.05, 3.63) is 24.3 Å². The molecule has 0 N–H and O–H groups in total. The van der Waals surface area contributed by atoms with Crippen LogP contribution < -0.4 is 9.64 Å². The summed E-state index contributed by atoms with van der Waals surface area (Å²) in [6.07, 6.45) is -4.19. The molecule has 0 atom stereocenters. The summed E-state index contributed by atoms with van der Waals surface area (Å²) in [5, 5.41) is 0. The molecular weight excluding hydrogens is 235 g/mol. The minimum atomic E-state index is -4.68. The predicted molar refractivity (Wildman–Crippen MR) is 55.0 cm³/mol. The van der Waals surface area contributed by atoms with Gasteiger partial charge in [-0.15, -0.1) is 13.2 Å². The maximum atomic E-state index is 11.9. The molecule has 1 fully saturated rings. The fourth-order valence-corrected chi connectivity index (χ4v) is 1.71. The minimum absolute atomic E-state index is 0.139. The van der Waals surface area contributed by atoms with Gasteiger partial charge >= 0.3 is 6.36 Å². The molecule has 0 unspecified atom stereocenters. The molecule has 1 aromatic rings. The summed E-state index contributed by atoms with van der Waals surface area (Å²) in [7, 11) is 0. The molecule has 0 aliphatic carbocycles. The zero-order chi connectivity index (χ0) is 12.5. The normalized spacial score (nSPS) is 16.4. The van der Waals surface area contributed by atoms with E-state index in [2.05, 4.69) is 4.74 Å². The lowest BCUT2D eigenvalue weighted by Crippen LogP contribution is -2.20. The van der Waals surface area contributed by atoms with Crippen molar-refractivity contribution in [2.45, 2.75) is 12.8 Å². The molecule has 3 nitrogen and oxygen atoms in total. The van der Waals surface area contributed by atoms with Crippen LogP contribution in [0.4, 0.5) is 18.9 Å². The van der Waals surface area contributed by atoms with Crippen LogP contribution in [-0.2, 0) is 4.79 Å². The number of carbonyl (C=O) groups is 1. The minimum Gasteiger partial charge on any atom is -0.406 e. The molecule has 17 heavy (non-hydrogen) atoms. The summed E-state index contributed by atoms with van der Waals surface area (Å²) in [6, 6.07) is 5.51. The van der Waals surface area contributed by atoms with Crippen LogP contribution in [0.2, 0.25) is 0 Å². The number of nitrogens with zero attached hydrogens (tertiary/aromatic N) is 1. The van der Waals surface area contributed by atoms with Crippen LogP contribution in [-0.4, -0.2) is 25.2 Å². The number of benzene rings is 1. The van der Waals surface area contributed by atoms with Crippen LogP contribution in [0.25, 0.3) is 0 Å². The van der Waals surface area contributed by atoms with Gasteiger partial charge in [-0.25, -0.2) is 0 Å². The van der Waals surface area contributed by atoms with Gasteiger partial charge in [-0.05, 0) is 24.3 Å². The second-order valence-corrected chi connectivity index (χ2v) is 3.75. The van der Waals surface area contributed by atoms with Crippen molar-refractivity contribution in [2.24, 2.45) is 0 Å². The van der Waals surface area contributed by atoms with Gasteiger partial charge in [0.05, 0.1) is 6.54 Å². The van der Waals surface area contributed by atoms with Gasteiger partial charge in [-0.2, -0.15) is 0 Å². The van der Waals surface area contributed by atoms with Crippen molar-refractivity contribution in [3.63, 3.8) is 0 Å². The number of Topliss-reactive ketones (excluding diaryl/α,β-unsaturated/α-hetero) is 1. The number of ketones is 1. The molecule has 1 aromatic carbocycles. The first kappa shape index (κ1) is 11.8. The molecule has 0 amide bonds. The number of rotatable bonds is 2. The summed E-state index contributed by atoms with van der Waals surface area (Å²) >= 11 is 0. The first-order chi connectivity index (χ1) is 7.94. The molecule has 1 aliphatic heterocycles. The van der Waals surface area contributed by atoms with Crippen molar-refractivity contribution in [1.82, 2.24) is 0 Å². The Morgan fingerprint density at radius 3 is 2.29 bits per heavy atom. The van der Waals surface area contributed by atoms with E-state index in [0.29, 0.717) is 19.5 Å². The molecular formula is C11H10F3NO2. The SMILES string of the molecule is O=C1CCN(c2ccc(OC(F)(F)F)cc2)C1. The van der Waals surface area contributed by atoms with Crippen LogP contribution in [0.5, 0.6) is 5.75 Å². The average molecular weight is 245 g/mol. The number of ether oxygens (including phenoxy) is 1. The predicted octanol–water partition coefficient (Wildman–Crippen LogP) is 2.36. The van der Waals surface area contributed by atoms with Crippen molar-refractivity contribution in [1.29, 1.82) is 0 Å². The molecule has 0 aromatic heterocycles. The Kier molecular flexibility index (Phi) is 2.95. The fraction of sp³-hybridized carbons (Fsp3) is 0.364. The van der Waals surface area contributed by atoms with E-state index in [1.807, 2.05) is 4.90 Å². The smallest absolute Gasteiger partial charge is 0.406 e. The van der Waals surface area contributed by atoms with E-state index in [-0.39, 0.29) is 11.5 Å². The van der Waals surface area contributed by atoms with E-state index >= 15 is 0 Å². The summed E-state index contributed by atoms with van der Waals surface area (Å²) < 4.78 is 39.5. The van der Waals surface area contributed by atoms with E-state index in [0.717, 1.165) is 5.69 Å². The molecule has 1 aliphatic rings. The molecule has 92 valence electrons. The van der Waals surface area contributed by atoms with E-state index < -0.39 is 6.36 Å². The highest BCUT2D eigenvalue weighted by Gasteiger charge is 2.31. The molecule has 1 saturated heterocycles. The van der Waals surface area contributed by atoms with Gasteiger partial charge in [0.2, 0.25) is 0 Å². The lowest BCUT2D eigenvalue weighted by molar-refractivity contribution is -0.274. The molecule has 6 heteroatoms. The zero-order valence-corrected chi connectivity index (χ0v) is 8.83. The van der Waals surface area contributed by atoms with Crippen LogP contribution in [0.3, 0.4) is 0 Å². The summed E-state index contributed by atoms with van der Waals surface area (Å²) in [6.45, 7) is 0.928. The van der Waals surface area contributed by atoms with E-state index in [9.17, 15) is 18.0 Å². The average Bonchev–Trinajstić information content (AvgIpc) is 2.63. The number of anilines is 1. The van der Waals surface area contributed by atoms with Gasteiger partial charge in [-0.1, -0.05) is 0 Å². The van der Waals surface area contributed by atoms with Crippen molar-refractivity contribution in [2.75, 3.05) is 18.0 Å². The second kappa shape index (κ2) is 4.27. The fourth-order valence-electron chi connectivity index (χ4n) is 1.71. The molecule has 0 bridgehead atoms. The maximum absolute atomic E-state index is 11.9. The lowest BCUT2D eigenvalue weighted by atomic mass is 10.3. The summed E-state index contributed by atoms with van der Waals surface area (Å²) in [5.41, 5.74) is 0.727. The van der Waals surface area contributed by atoms with Gasteiger partial charge < -0.3 is 9.64 Å². The molecule has 1 heterocycles. The number of hydrogen-bond donors (Lipinski definition) is 0. The Balaban J connectivity index is 2.05. The third kappa shape index (κ3) is 3.12. The Hall–Kier alpha value is -1.72. The summed E-state index contributed by atoms with van der Waals surface area (Å²) in [4.78, 5) is 12.9. The molecule has 2 rings (SSSR count). The highest BCUT2D eigenvalue weighted by molar-refractivity contribution is 5.87. The second-order valence-electron chi connectivity index (χ2n) is 3.75. The number of alkyl halides is 3. The Morgan fingerprint density at radius 1 is 1.18 bits per heavy atom. The van der Waals surface area contributed by atoms with Crippen LogP contribution >= 0.6 is 0 Å². The van der Waals surface area contributed by atoms with Crippen LogP contribution in [0.15, 0.2) is 24.3 Å². The maximum Gasteiger partial charge on any atom is 0.573 e. The summed E-state index contributed by atoms with van der Waals surface area (Å²) in [5.74, 6) is -0.118. The molecule has 0 spiro atoms. The molecule has 0 radical (unpaired) electrons. The Labute approximate surface area is 95.8 Å². The lowest BCUT2D eigenvalue weighted by Gasteiger charge is -2.17. The van der Waals surface area contributed by atoms with Crippen LogP contribution in [0.1, 0.15) is 6.42 Å². The monoisotopic (exact) mass is 245 g/mol. The highest BCUT2D eigenvalue weighted by atomic mass is 19.4. The number of halogens is 3. The first-order valence-electron chi connectivity index (χ1n) is 5.06. The number of carbonyl (C=O) groups excluding carboxylic acids is 1. The zero-order valence-electron chi connectivity index (χ0n) is 8.83. The standard InChI is InChI=1S/C11H10F3NO2/c12-11(13,14)17-10-3-1-8(2-4-10)15-6-5-9(16)7-15/h1-4H,5-7H2. The van der Waals surface area contributed by atoms with Crippen LogP contribution in [0, 0.1) is 0 Å². The van der Waals surface area contributed by atoms with Gasteiger partial charge in [0, 0.05) is 18.7 Å². The van der Waals surface area contributed by atoms with E-state index in [1.54, 1.807) is 0 Å². The largest absolute Gasteiger partial charge is 0.573 e. The van der Waals surface area contributed by atoms with E-state index in [1.165, 1.54) is 24.3 Å². The van der Waals surface area contributed by atoms with Gasteiger partial charge in [-0.3, -0.25) is 4.79 Å². The topological polar surface area (TPSA) is 29.5 Å². The van der Waals surface area contributed by atoms with Gasteiger partial charge in [0.25, 0.3) is 0 Å². The first-order valence-corrected chi connectivity index (χ1v) is 5.06. The highest BCUT2D eigenvalue weighted by Crippen LogP contribution is 2.26. The quantitative estimate of drug-likeness (QED) is 0.801. The van der Waals surface area contributed by atoms with E-state index in [4.69, 9.17) is 0 Å². The van der Waals surface area contributed by atoms with Crippen molar-refractivity contribution < 1.29 is 22.7 Å².